The molecule has 1 heterocycles. The Bertz CT molecular complexity index is 105. The molecule has 0 aliphatic carbocycles. The lowest BCUT2D eigenvalue weighted by atomic mass is 9.94. The summed E-state index contributed by atoms with van der Waals surface area (Å²) in [5, 5.41) is 18.4. The van der Waals surface area contributed by atoms with Gasteiger partial charge < -0.3 is 14.9 Å². The summed E-state index contributed by atoms with van der Waals surface area (Å²) >= 11 is 0. The second-order valence-corrected chi connectivity index (χ2v) is 2.76. The minimum absolute atomic E-state index is 0.115. The van der Waals surface area contributed by atoms with Crippen LogP contribution in [0.2, 0.25) is 0 Å². The molecule has 0 aromatic carbocycles. The molecular weight excluding hydrogens is 132 g/mol. The molecule has 1 aliphatic rings. The van der Waals surface area contributed by atoms with Gasteiger partial charge in [0.05, 0.1) is 19.3 Å². The molecule has 0 amide bonds. The van der Waals surface area contributed by atoms with Crippen molar-refractivity contribution in [3.05, 3.63) is 0 Å². The fraction of sp³-hybridized carbons (Fsp3) is 1.00. The highest BCUT2D eigenvalue weighted by Gasteiger charge is 2.29. The van der Waals surface area contributed by atoms with Crippen molar-refractivity contribution in [3.63, 3.8) is 0 Å². The number of aliphatic hydroxyl groups excluding tert-OH is 2. The third-order valence-electron chi connectivity index (χ3n) is 2.02. The topological polar surface area (TPSA) is 49.7 Å². The van der Waals surface area contributed by atoms with Gasteiger partial charge in [-0.2, -0.15) is 0 Å². The molecule has 3 atom stereocenters. The number of aliphatic hydroxyl groups is 2. The Kier molecular flexibility index (Phi) is 2.65. The van der Waals surface area contributed by atoms with Gasteiger partial charge in [-0.1, -0.05) is 6.92 Å². The summed E-state index contributed by atoms with van der Waals surface area (Å²) in [6, 6.07) is 0. The Hall–Kier alpha value is -0.120. The van der Waals surface area contributed by atoms with Crippen molar-refractivity contribution >= 4 is 0 Å². The third kappa shape index (κ3) is 1.48. The van der Waals surface area contributed by atoms with Crippen molar-refractivity contribution < 1.29 is 14.9 Å². The largest absolute Gasteiger partial charge is 0.390 e. The van der Waals surface area contributed by atoms with Crippen molar-refractivity contribution in [2.75, 3.05) is 13.2 Å². The molecule has 0 spiro atoms. The van der Waals surface area contributed by atoms with E-state index in [4.69, 9.17) is 9.84 Å². The Morgan fingerprint density at radius 1 is 1.40 bits per heavy atom. The first kappa shape index (κ1) is 7.98. The van der Waals surface area contributed by atoms with Crippen molar-refractivity contribution in [2.45, 2.75) is 25.6 Å². The van der Waals surface area contributed by atoms with Gasteiger partial charge in [0, 0.05) is 5.92 Å². The minimum Gasteiger partial charge on any atom is -0.390 e. The average molecular weight is 146 g/mol. The fourth-order valence-corrected chi connectivity index (χ4v) is 1.21. The molecule has 0 aromatic rings. The maximum Gasteiger partial charge on any atom is 0.103 e. The van der Waals surface area contributed by atoms with E-state index >= 15 is 0 Å². The lowest BCUT2D eigenvalue weighted by molar-refractivity contribution is -0.121. The molecule has 1 fully saturated rings. The van der Waals surface area contributed by atoms with E-state index in [1.165, 1.54) is 0 Å². The molecule has 0 bridgehead atoms. The highest BCUT2D eigenvalue weighted by atomic mass is 16.5. The van der Waals surface area contributed by atoms with Crippen LogP contribution >= 0.6 is 0 Å². The SMILES string of the molecule is CC[C@@H]1COCC(O)[C@H]1O. The van der Waals surface area contributed by atoms with Gasteiger partial charge in [-0.15, -0.1) is 0 Å². The first-order valence-corrected chi connectivity index (χ1v) is 3.69. The smallest absolute Gasteiger partial charge is 0.103 e. The van der Waals surface area contributed by atoms with Gasteiger partial charge in [-0.05, 0) is 6.42 Å². The predicted molar refractivity (Wildman–Crippen MR) is 36.6 cm³/mol. The standard InChI is InChI=1S/C7H14O3/c1-2-5-3-10-4-6(8)7(5)9/h5-9H,2-4H2,1H3/t5-,6?,7+/m1/s1. The quantitative estimate of drug-likeness (QED) is 0.537. The first-order chi connectivity index (χ1) is 4.75. The highest BCUT2D eigenvalue weighted by molar-refractivity contribution is 4.78. The second-order valence-electron chi connectivity index (χ2n) is 2.76. The molecule has 1 aliphatic heterocycles. The van der Waals surface area contributed by atoms with Crippen LogP contribution in [-0.4, -0.2) is 35.6 Å². The number of rotatable bonds is 1. The van der Waals surface area contributed by atoms with Crippen LogP contribution in [0.25, 0.3) is 0 Å². The Balaban J connectivity index is 2.42. The van der Waals surface area contributed by atoms with Crippen molar-refractivity contribution in [1.29, 1.82) is 0 Å². The molecule has 3 nitrogen and oxygen atoms in total. The Morgan fingerprint density at radius 3 is 2.60 bits per heavy atom. The molecular formula is C7H14O3. The lowest BCUT2D eigenvalue weighted by Gasteiger charge is -2.30. The average Bonchev–Trinajstić information content (AvgIpc) is 1.95. The van der Waals surface area contributed by atoms with Gasteiger partial charge in [-0.25, -0.2) is 0 Å². The number of hydrogen-bond acceptors (Lipinski definition) is 3. The molecule has 3 heteroatoms. The second kappa shape index (κ2) is 3.32. The van der Waals surface area contributed by atoms with Crippen molar-refractivity contribution in [3.8, 4) is 0 Å². The Labute approximate surface area is 60.6 Å². The van der Waals surface area contributed by atoms with Gasteiger partial charge >= 0.3 is 0 Å². The summed E-state index contributed by atoms with van der Waals surface area (Å²) < 4.78 is 5.05. The highest BCUT2D eigenvalue weighted by Crippen LogP contribution is 2.17. The fourth-order valence-electron chi connectivity index (χ4n) is 1.21. The van der Waals surface area contributed by atoms with Crippen molar-refractivity contribution in [2.24, 2.45) is 5.92 Å². The summed E-state index contributed by atoms with van der Waals surface area (Å²) in [5.41, 5.74) is 0. The van der Waals surface area contributed by atoms with Crippen LogP contribution in [0.1, 0.15) is 13.3 Å². The van der Waals surface area contributed by atoms with Gasteiger partial charge in [0.1, 0.15) is 6.10 Å². The van der Waals surface area contributed by atoms with E-state index in [0.29, 0.717) is 6.61 Å². The summed E-state index contributed by atoms with van der Waals surface area (Å²) in [4.78, 5) is 0. The van der Waals surface area contributed by atoms with Crippen LogP contribution in [-0.2, 0) is 4.74 Å². The molecule has 60 valence electrons. The van der Waals surface area contributed by atoms with Crippen LogP contribution in [0, 0.1) is 5.92 Å². The summed E-state index contributed by atoms with van der Waals surface area (Å²) in [6.45, 7) is 2.84. The molecule has 0 radical (unpaired) electrons. The predicted octanol–water partition coefficient (Wildman–Crippen LogP) is -0.235. The molecule has 0 aromatic heterocycles. The van der Waals surface area contributed by atoms with E-state index in [2.05, 4.69) is 0 Å². The zero-order valence-corrected chi connectivity index (χ0v) is 6.16. The van der Waals surface area contributed by atoms with Crippen LogP contribution in [0.4, 0.5) is 0 Å². The van der Waals surface area contributed by atoms with Crippen LogP contribution in [0.5, 0.6) is 0 Å². The third-order valence-corrected chi connectivity index (χ3v) is 2.02. The summed E-state index contributed by atoms with van der Waals surface area (Å²) in [7, 11) is 0. The van der Waals surface area contributed by atoms with E-state index in [1.54, 1.807) is 0 Å². The first-order valence-electron chi connectivity index (χ1n) is 3.69. The lowest BCUT2D eigenvalue weighted by Crippen LogP contribution is -2.43. The normalized spacial score (nSPS) is 41.7. The van der Waals surface area contributed by atoms with Crippen LogP contribution in [0.15, 0.2) is 0 Å². The molecule has 2 N–H and O–H groups in total. The summed E-state index contributed by atoms with van der Waals surface area (Å²) in [5.74, 6) is 0.115. The monoisotopic (exact) mass is 146 g/mol. The number of ether oxygens (including phenoxy) is 1. The molecule has 10 heavy (non-hydrogen) atoms. The van der Waals surface area contributed by atoms with E-state index in [-0.39, 0.29) is 12.5 Å². The maximum atomic E-state index is 9.31. The molecule has 0 saturated carbocycles. The minimum atomic E-state index is -0.682. The van der Waals surface area contributed by atoms with E-state index in [0.717, 1.165) is 6.42 Å². The van der Waals surface area contributed by atoms with E-state index in [9.17, 15) is 5.11 Å². The van der Waals surface area contributed by atoms with Gasteiger partial charge in [0.15, 0.2) is 0 Å². The molecule has 1 rings (SSSR count). The maximum absolute atomic E-state index is 9.31. The molecule has 1 unspecified atom stereocenters. The summed E-state index contributed by atoms with van der Waals surface area (Å²) in [6.07, 6.45) is -0.407. The van der Waals surface area contributed by atoms with Crippen LogP contribution in [0.3, 0.4) is 0 Å². The van der Waals surface area contributed by atoms with Gasteiger partial charge in [0.25, 0.3) is 0 Å². The molecule has 1 saturated heterocycles. The van der Waals surface area contributed by atoms with Gasteiger partial charge in [-0.3, -0.25) is 0 Å². The van der Waals surface area contributed by atoms with Gasteiger partial charge in [0.2, 0.25) is 0 Å². The zero-order chi connectivity index (χ0) is 7.56. The van der Waals surface area contributed by atoms with Crippen LogP contribution < -0.4 is 0 Å². The van der Waals surface area contributed by atoms with E-state index < -0.39 is 12.2 Å². The Morgan fingerprint density at radius 2 is 2.10 bits per heavy atom. The number of hydrogen-bond donors (Lipinski definition) is 2. The zero-order valence-electron chi connectivity index (χ0n) is 6.16. The van der Waals surface area contributed by atoms with E-state index in [1.807, 2.05) is 6.92 Å². The van der Waals surface area contributed by atoms with Crippen molar-refractivity contribution in [1.82, 2.24) is 0 Å².